The lowest BCUT2D eigenvalue weighted by Gasteiger charge is -2.24. The highest BCUT2D eigenvalue weighted by atomic mass is 16.5. The van der Waals surface area contributed by atoms with Gasteiger partial charge in [0.05, 0.1) is 5.56 Å². The molecular weight excluding hydrogens is 232 g/mol. The van der Waals surface area contributed by atoms with E-state index in [1.165, 1.54) is 13.0 Å². The van der Waals surface area contributed by atoms with Crippen LogP contribution in [0.3, 0.4) is 0 Å². The van der Waals surface area contributed by atoms with Crippen LogP contribution in [0.15, 0.2) is 12.1 Å². The molecular formula is C14H16O4. The minimum Gasteiger partial charge on any atom is -0.508 e. The summed E-state index contributed by atoms with van der Waals surface area (Å²) in [5, 5.41) is 9.63. The van der Waals surface area contributed by atoms with Crippen LogP contribution in [0.5, 0.6) is 11.5 Å². The molecule has 0 radical (unpaired) electrons. The second kappa shape index (κ2) is 4.80. The fourth-order valence-electron chi connectivity index (χ4n) is 2.20. The number of aromatic hydroxyl groups is 1. The Kier molecular flexibility index (Phi) is 3.36. The van der Waals surface area contributed by atoms with E-state index in [4.69, 9.17) is 4.74 Å². The topological polar surface area (TPSA) is 63.6 Å². The second-order valence-corrected chi connectivity index (χ2v) is 4.74. The quantitative estimate of drug-likeness (QED) is 0.891. The number of fused-ring (bicyclic) bond motifs is 1. The van der Waals surface area contributed by atoms with Crippen molar-refractivity contribution in [2.75, 3.05) is 0 Å². The van der Waals surface area contributed by atoms with E-state index in [1.807, 2.05) is 6.92 Å². The molecule has 0 aliphatic carbocycles. The van der Waals surface area contributed by atoms with Crippen molar-refractivity contribution < 1.29 is 19.4 Å². The van der Waals surface area contributed by atoms with E-state index < -0.39 is 0 Å². The molecule has 18 heavy (non-hydrogen) atoms. The summed E-state index contributed by atoms with van der Waals surface area (Å²) in [5.41, 5.74) is 1.21. The molecule has 0 fully saturated rings. The summed E-state index contributed by atoms with van der Waals surface area (Å²) >= 11 is 0. The molecule has 1 atom stereocenters. The van der Waals surface area contributed by atoms with Crippen LogP contribution >= 0.6 is 0 Å². The number of phenolic OH excluding ortho intramolecular Hbond substituents is 1. The van der Waals surface area contributed by atoms with Crippen molar-refractivity contribution in [1.82, 2.24) is 0 Å². The maximum Gasteiger partial charge on any atom is 0.170 e. The second-order valence-electron chi connectivity index (χ2n) is 4.74. The van der Waals surface area contributed by atoms with Gasteiger partial charge in [-0.05, 0) is 31.9 Å². The van der Waals surface area contributed by atoms with Gasteiger partial charge in [-0.2, -0.15) is 0 Å². The van der Waals surface area contributed by atoms with Crippen molar-refractivity contribution in [3.8, 4) is 11.5 Å². The van der Waals surface area contributed by atoms with Gasteiger partial charge in [0, 0.05) is 18.9 Å². The Hall–Kier alpha value is -1.84. The van der Waals surface area contributed by atoms with Gasteiger partial charge in [0.1, 0.15) is 23.4 Å². The van der Waals surface area contributed by atoms with Crippen LogP contribution in [-0.4, -0.2) is 22.8 Å². The Morgan fingerprint density at radius 1 is 1.50 bits per heavy atom. The molecule has 0 bridgehead atoms. The third-order valence-electron chi connectivity index (χ3n) is 2.99. The number of rotatable bonds is 3. The fourth-order valence-corrected chi connectivity index (χ4v) is 2.20. The molecule has 1 aromatic rings. The maximum atomic E-state index is 12.0. The zero-order valence-electron chi connectivity index (χ0n) is 10.5. The smallest absolute Gasteiger partial charge is 0.170 e. The first-order valence-corrected chi connectivity index (χ1v) is 6.02. The zero-order chi connectivity index (χ0) is 13.3. The van der Waals surface area contributed by atoms with Crippen LogP contribution in [0.25, 0.3) is 0 Å². The van der Waals surface area contributed by atoms with E-state index in [0.29, 0.717) is 36.1 Å². The standard InChI is InChI=1S/C14H16O4/c1-8(15)3-4-10-6-11(16)7-13-14(10)12(17)5-9(2)18-13/h6-7,9,16H,3-5H2,1-2H3/t9-/m0/s1. The number of aryl methyl sites for hydroxylation is 1. The number of Topliss-reactive ketones (excluding diaryl/α,β-unsaturated/α-hetero) is 2. The molecule has 4 nitrogen and oxygen atoms in total. The molecule has 2 rings (SSSR count). The summed E-state index contributed by atoms with van der Waals surface area (Å²) in [6, 6.07) is 3.00. The molecule has 1 heterocycles. The van der Waals surface area contributed by atoms with Crippen molar-refractivity contribution in [3.05, 3.63) is 23.3 Å². The van der Waals surface area contributed by atoms with Crippen molar-refractivity contribution in [2.24, 2.45) is 0 Å². The van der Waals surface area contributed by atoms with Gasteiger partial charge < -0.3 is 14.6 Å². The van der Waals surface area contributed by atoms with Gasteiger partial charge >= 0.3 is 0 Å². The number of phenols is 1. The predicted molar refractivity (Wildman–Crippen MR) is 66.1 cm³/mol. The van der Waals surface area contributed by atoms with Crippen molar-refractivity contribution in [3.63, 3.8) is 0 Å². The fraction of sp³-hybridized carbons (Fsp3) is 0.429. The number of hydrogen-bond acceptors (Lipinski definition) is 4. The van der Waals surface area contributed by atoms with Crippen LogP contribution in [0.1, 0.15) is 42.6 Å². The number of benzene rings is 1. The minimum atomic E-state index is -0.174. The lowest BCUT2D eigenvalue weighted by atomic mass is 9.93. The van der Waals surface area contributed by atoms with Gasteiger partial charge in [0.25, 0.3) is 0 Å². The van der Waals surface area contributed by atoms with E-state index in [9.17, 15) is 14.7 Å². The normalized spacial score (nSPS) is 18.1. The highest BCUT2D eigenvalue weighted by Gasteiger charge is 2.27. The SMILES string of the molecule is CC(=O)CCc1cc(O)cc2c1C(=O)C[C@H](C)O2. The summed E-state index contributed by atoms with van der Waals surface area (Å²) in [6.07, 6.45) is 0.978. The van der Waals surface area contributed by atoms with E-state index in [0.717, 1.165) is 0 Å². The van der Waals surface area contributed by atoms with Gasteiger partial charge in [0.15, 0.2) is 5.78 Å². The summed E-state index contributed by atoms with van der Waals surface area (Å²) in [6.45, 7) is 3.33. The van der Waals surface area contributed by atoms with Crippen LogP contribution < -0.4 is 4.74 Å². The Labute approximate surface area is 106 Å². The summed E-state index contributed by atoms with van der Waals surface area (Å²) in [5.74, 6) is 0.568. The van der Waals surface area contributed by atoms with E-state index in [1.54, 1.807) is 6.07 Å². The number of carbonyl (C=O) groups excluding carboxylic acids is 2. The number of carbonyl (C=O) groups is 2. The molecule has 0 spiro atoms. The van der Waals surface area contributed by atoms with Crippen molar-refractivity contribution in [2.45, 2.75) is 39.2 Å². The van der Waals surface area contributed by atoms with Gasteiger partial charge in [0.2, 0.25) is 0 Å². The third-order valence-corrected chi connectivity index (χ3v) is 2.99. The molecule has 4 heteroatoms. The van der Waals surface area contributed by atoms with Crippen molar-refractivity contribution in [1.29, 1.82) is 0 Å². The van der Waals surface area contributed by atoms with Crippen LogP contribution in [0, 0.1) is 0 Å². The average Bonchev–Trinajstić information content (AvgIpc) is 2.24. The average molecular weight is 248 g/mol. The number of ether oxygens (including phenoxy) is 1. The third kappa shape index (κ3) is 2.53. The number of hydrogen-bond donors (Lipinski definition) is 1. The largest absolute Gasteiger partial charge is 0.508 e. The molecule has 0 saturated heterocycles. The molecule has 1 aliphatic heterocycles. The molecule has 0 aromatic heterocycles. The molecule has 96 valence electrons. The molecule has 0 unspecified atom stereocenters. The summed E-state index contributed by atoms with van der Waals surface area (Å²) in [4.78, 5) is 23.1. The Bertz CT molecular complexity index is 505. The lowest BCUT2D eigenvalue weighted by molar-refractivity contribution is -0.116. The molecule has 1 N–H and O–H groups in total. The van der Waals surface area contributed by atoms with E-state index in [-0.39, 0.29) is 23.4 Å². The van der Waals surface area contributed by atoms with Crippen molar-refractivity contribution >= 4 is 11.6 Å². The Morgan fingerprint density at radius 2 is 2.22 bits per heavy atom. The van der Waals surface area contributed by atoms with Crippen LogP contribution in [-0.2, 0) is 11.2 Å². The predicted octanol–water partition coefficient (Wildman–Crippen LogP) is 2.27. The highest BCUT2D eigenvalue weighted by molar-refractivity contribution is 6.01. The molecule has 1 aromatic carbocycles. The summed E-state index contributed by atoms with van der Waals surface area (Å²) < 4.78 is 5.56. The summed E-state index contributed by atoms with van der Waals surface area (Å²) in [7, 11) is 0. The van der Waals surface area contributed by atoms with Crippen LogP contribution in [0.2, 0.25) is 0 Å². The first-order valence-electron chi connectivity index (χ1n) is 6.02. The highest BCUT2D eigenvalue weighted by Crippen LogP contribution is 2.34. The van der Waals surface area contributed by atoms with E-state index in [2.05, 4.69) is 0 Å². The van der Waals surface area contributed by atoms with E-state index >= 15 is 0 Å². The number of ketones is 2. The van der Waals surface area contributed by atoms with Crippen LogP contribution in [0.4, 0.5) is 0 Å². The molecule has 1 aliphatic rings. The Morgan fingerprint density at radius 3 is 2.89 bits per heavy atom. The van der Waals surface area contributed by atoms with Gasteiger partial charge in [-0.3, -0.25) is 4.79 Å². The molecule has 0 saturated carbocycles. The van der Waals surface area contributed by atoms with Gasteiger partial charge in [-0.1, -0.05) is 0 Å². The molecule has 0 amide bonds. The minimum absolute atomic E-state index is 0.0160. The lowest BCUT2D eigenvalue weighted by Crippen LogP contribution is -2.25. The first kappa shape index (κ1) is 12.6. The van der Waals surface area contributed by atoms with Gasteiger partial charge in [-0.15, -0.1) is 0 Å². The monoisotopic (exact) mass is 248 g/mol. The maximum absolute atomic E-state index is 12.0. The Balaban J connectivity index is 2.40. The zero-order valence-corrected chi connectivity index (χ0v) is 10.5. The first-order chi connectivity index (χ1) is 8.47. The van der Waals surface area contributed by atoms with Gasteiger partial charge in [-0.25, -0.2) is 0 Å².